The van der Waals surface area contributed by atoms with Crippen LogP contribution < -0.4 is 16.2 Å². The van der Waals surface area contributed by atoms with Crippen molar-refractivity contribution in [1.29, 1.82) is 0 Å². The van der Waals surface area contributed by atoms with Crippen molar-refractivity contribution in [2.45, 2.75) is 36.9 Å². The van der Waals surface area contributed by atoms with Gasteiger partial charge in [0.1, 0.15) is 0 Å². The molecule has 0 aromatic carbocycles. The van der Waals surface area contributed by atoms with Gasteiger partial charge >= 0.3 is 0 Å². The lowest BCUT2D eigenvalue weighted by molar-refractivity contribution is 0.684. The van der Waals surface area contributed by atoms with E-state index in [9.17, 15) is 4.79 Å². The Morgan fingerprint density at radius 3 is 2.83 bits per heavy atom. The molecule has 0 radical (unpaired) electrons. The molecule has 0 atom stereocenters. The van der Waals surface area contributed by atoms with Crippen LogP contribution in [-0.2, 0) is 13.6 Å². The monoisotopic (exact) mass is 411 g/mol. The van der Waals surface area contributed by atoms with Crippen molar-refractivity contribution in [3.63, 3.8) is 0 Å². The SMILES string of the molecule is CC#CCn1c(NCCNCCC)nc2nc(Sc3cccnc3)n(C)c(=O)c21. The Bertz CT molecular complexity index is 1080. The smallest absolute Gasteiger partial charge is 0.280 e. The van der Waals surface area contributed by atoms with Crippen LogP contribution in [0.5, 0.6) is 0 Å². The first-order valence-electron chi connectivity index (χ1n) is 9.55. The Hall–Kier alpha value is -2.83. The predicted molar refractivity (Wildman–Crippen MR) is 116 cm³/mol. The molecule has 0 unspecified atom stereocenters. The first-order chi connectivity index (χ1) is 14.2. The summed E-state index contributed by atoms with van der Waals surface area (Å²) in [5.41, 5.74) is 0.722. The Labute approximate surface area is 174 Å². The fourth-order valence-electron chi connectivity index (χ4n) is 2.76. The van der Waals surface area contributed by atoms with E-state index in [0.29, 0.717) is 35.4 Å². The number of aromatic nitrogens is 5. The molecule has 0 saturated carbocycles. The molecule has 3 aromatic heterocycles. The highest BCUT2D eigenvalue weighted by Crippen LogP contribution is 2.25. The van der Waals surface area contributed by atoms with E-state index in [1.807, 2.05) is 12.1 Å². The van der Waals surface area contributed by atoms with Crippen molar-refractivity contribution in [3.05, 3.63) is 34.9 Å². The van der Waals surface area contributed by atoms with Crippen molar-refractivity contribution in [2.75, 3.05) is 25.0 Å². The Morgan fingerprint density at radius 1 is 1.24 bits per heavy atom. The van der Waals surface area contributed by atoms with Gasteiger partial charge in [0, 0.05) is 37.4 Å². The number of rotatable bonds is 9. The first-order valence-corrected chi connectivity index (χ1v) is 10.4. The molecule has 3 aromatic rings. The van der Waals surface area contributed by atoms with Gasteiger partial charge in [0.25, 0.3) is 5.56 Å². The molecule has 3 rings (SSSR count). The molecule has 9 heteroatoms. The normalized spacial score (nSPS) is 10.7. The Balaban J connectivity index is 1.97. The van der Waals surface area contributed by atoms with Gasteiger partial charge in [0.15, 0.2) is 16.3 Å². The zero-order valence-electron chi connectivity index (χ0n) is 16.9. The predicted octanol–water partition coefficient (Wildman–Crippen LogP) is 2.11. The number of imidazole rings is 1. The van der Waals surface area contributed by atoms with Crippen LogP contribution in [-0.4, -0.2) is 43.7 Å². The second-order valence-electron chi connectivity index (χ2n) is 6.35. The highest BCUT2D eigenvalue weighted by Gasteiger charge is 2.18. The first kappa shape index (κ1) is 20.9. The summed E-state index contributed by atoms with van der Waals surface area (Å²) in [7, 11) is 1.72. The number of nitrogens with zero attached hydrogens (tertiary/aromatic N) is 5. The lowest BCUT2D eigenvalue weighted by Crippen LogP contribution is -2.24. The van der Waals surface area contributed by atoms with Crippen molar-refractivity contribution in [2.24, 2.45) is 7.05 Å². The summed E-state index contributed by atoms with van der Waals surface area (Å²) in [6.07, 6.45) is 4.54. The van der Waals surface area contributed by atoms with Crippen LogP contribution in [0.2, 0.25) is 0 Å². The topological polar surface area (TPSA) is 89.7 Å². The summed E-state index contributed by atoms with van der Waals surface area (Å²) in [6.45, 7) is 6.76. The number of nitrogens with one attached hydrogen (secondary N) is 2. The molecule has 0 aliphatic carbocycles. The van der Waals surface area contributed by atoms with E-state index >= 15 is 0 Å². The van der Waals surface area contributed by atoms with Gasteiger partial charge in [0.2, 0.25) is 5.95 Å². The third-order valence-corrected chi connectivity index (χ3v) is 5.24. The summed E-state index contributed by atoms with van der Waals surface area (Å²) < 4.78 is 3.35. The highest BCUT2D eigenvalue weighted by atomic mass is 32.2. The second kappa shape index (κ2) is 10.1. The lowest BCUT2D eigenvalue weighted by Gasteiger charge is -2.09. The van der Waals surface area contributed by atoms with E-state index in [2.05, 4.69) is 44.4 Å². The van der Waals surface area contributed by atoms with Crippen LogP contribution in [0.1, 0.15) is 20.3 Å². The average Bonchev–Trinajstić information content (AvgIpc) is 3.08. The standard InChI is InChI=1S/C20H25N7OS/c1-4-6-13-27-16-17(24-19(27)23-12-11-21-9-5-2)25-20(26(3)18(16)28)29-15-8-7-10-22-14-15/h7-8,10,14,21H,5,9,11-13H2,1-3H3,(H,23,24). The molecule has 2 N–H and O–H groups in total. The molecule has 0 saturated heterocycles. The van der Waals surface area contributed by atoms with Gasteiger partial charge in [-0.15, -0.1) is 5.92 Å². The summed E-state index contributed by atoms with van der Waals surface area (Å²) in [5.74, 6) is 6.51. The fraction of sp³-hybridized carbons (Fsp3) is 0.400. The zero-order chi connectivity index (χ0) is 20.6. The number of anilines is 1. The Morgan fingerprint density at radius 2 is 2.10 bits per heavy atom. The molecule has 0 aliphatic heterocycles. The summed E-state index contributed by atoms with van der Waals surface area (Å²) in [4.78, 5) is 27.4. The van der Waals surface area contributed by atoms with Gasteiger partial charge in [-0.3, -0.25) is 18.9 Å². The fourth-order valence-corrected chi connectivity index (χ4v) is 3.58. The highest BCUT2D eigenvalue weighted by molar-refractivity contribution is 7.99. The minimum absolute atomic E-state index is 0.149. The maximum Gasteiger partial charge on any atom is 0.280 e. The zero-order valence-corrected chi connectivity index (χ0v) is 17.7. The molecule has 152 valence electrons. The number of hydrogen-bond acceptors (Lipinski definition) is 7. The van der Waals surface area contributed by atoms with Crippen LogP contribution >= 0.6 is 11.8 Å². The van der Waals surface area contributed by atoms with Gasteiger partial charge in [-0.25, -0.2) is 4.98 Å². The molecule has 29 heavy (non-hydrogen) atoms. The summed E-state index contributed by atoms with van der Waals surface area (Å²) in [6, 6.07) is 3.78. The quantitative estimate of drug-likeness (QED) is 0.317. The third kappa shape index (κ3) is 4.96. The van der Waals surface area contributed by atoms with E-state index in [4.69, 9.17) is 0 Å². The molecule has 0 fully saturated rings. The van der Waals surface area contributed by atoms with Crippen LogP contribution in [0.4, 0.5) is 5.95 Å². The van der Waals surface area contributed by atoms with Crippen LogP contribution in [0.3, 0.4) is 0 Å². The van der Waals surface area contributed by atoms with Gasteiger partial charge < -0.3 is 10.6 Å². The molecule has 0 aliphatic rings. The van der Waals surface area contributed by atoms with E-state index in [-0.39, 0.29) is 5.56 Å². The molecular formula is C20H25N7OS. The van der Waals surface area contributed by atoms with Gasteiger partial charge in [-0.05, 0) is 43.8 Å². The molecular weight excluding hydrogens is 386 g/mol. The Kier molecular flexibility index (Phi) is 7.27. The van der Waals surface area contributed by atoms with Crippen molar-refractivity contribution >= 4 is 28.9 Å². The molecule has 0 amide bonds. The van der Waals surface area contributed by atoms with Gasteiger partial charge in [-0.2, -0.15) is 4.98 Å². The van der Waals surface area contributed by atoms with Gasteiger partial charge in [-0.1, -0.05) is 12.8 Å². The van der Waals surface area contributed by atoms with Crippen LogP contribution in [0.25, 0.3) is 11.2 Å². The molecule has 3 heterocycles. The van der Waals surface area contributed by atoms with E-state index in [1.165, 1.54) is 11.8 Å². The van der Waals surface area contributed by atoms with Gasteiger partial charge in [0.05, 0.1) is 6.54 Å². The number of pyridine rings is 1. The third-order valence-electron chi connectivity index (χ3n) is 4.21. The van der Waals surface area contributed by atoms with E-state index in [1.54, 1.807) is 35.5 Å². The summed E-state index contributed by atoms with van der Waals surface area (Å²) in [5, 5.41) is 7.21. The van der Waals surface area contributed by atoms with Crippen LogP contribution in [0.15, 0.2) is 39.4 Å². The molecule has 0 spiro atoms. The maximum atomic E-state index is 13.1. The van der Waals surface area contributed by atoms with Crippen molar-refractivity contribution in [3.8, 4) is 11.8 Å². The van der Waals surface area contributed by atoms with E-state index in [0.717, 1.165) is 24.4 Å². The van der Waals surface area contributed by atoms with Crippen LogP contribution in [0, 0.1) is 11.8 Å². The maximum absolute atomic E-state index is 13.1. The number of fused-ring (bicyclic) bond motifs is 1. The minimum atomic E-state index is -0.149. The summed E-state index contributed by atoms with van der Waals surface area (Å²) >= 11 is 1.38. The van der Waals surface area contributed by atoms with Crippen molar-refractivity contribution < 1.29 is 0 Å². The lowest BCUT2D eigenvalue weighted by atomic mass is 10.4. The van der Waals surface area contributed by atoms with Crippen molar-refractivity contribution in [1.82, 2.24) is 29.4 Å². The second-order valence-corrected chi connectivity index (χ2v) is 7.39. The van der Waals surface area contributed by atoms with E-state index < -0.39 is 0 Å². The molecule has 0 bridgehead atoms. The molecule has 8 nitrogen and oxygen atoms in total. The average molecular weight is 412 g/mol. The number of hydrogen-bond donors (Lipinski definition) is 2. The largest absolute Gasteiger partial charge is 0.354 e. The minimum Gasteiger partial charge on any atom is -0.354 e.